The van der Waals surface area contributed by atoms with Gasteiger partial charge in [-0.1, -0.05) is 11.8 Å². The minimum absolute atomic E-state index is 0.160. The molecule has 1 aromatic heterocycles. The van der Waals surface area contributed by atoms with Crippen molar-refractivity contribution >= 4 is 11.8 Å². The molecule has 0 radical (unpaired) electrons. The number of nitrogens with one attached hydrogen (secondary N) is 1. The van der Waals surface area contributed by atoms with E-state index >= 15 is 0 Å². The molecule has 0 spiro atoms. The number of aliphatic hydroxyl groups excluding tert-OH is 1. The summed E-state index contributed by atoms with van der Waals surface area (Å²) >= 11 is 1.68. The van der Waals surface area contributed by atoms with Gasteiger partial charge in [-0.05, 0) is 26.2 Å². The average molecular weight is 256 g/mol. The third-order valence-corrected chi connectivity index (χ3v) is 4.07. The van der Waals surface area contributed by atoms with Crippen LogP contribution >= 0.6 is 11.8 Å². The van der Waals surface area contributed by atoms with Gasteiger partial charge in [0.2, 0.25) is 0 Å². The first-order valence-electron chi connectivity index (χ1n) is 5.98. The summed E-state index contributed by atoms with van der Waals surface area (Å²) in [5.41, 5.74) is -0.160. The van der Waals surface area contributed by atoms with E-state index in [0.717, 1.165) is 17.3 Å². The van der Waals surface area contributed by atoms with Gasteiger partial charge >= 0.3 is 0 Å². The summed E-state index contributed by atoms with van der Waals surface area (Å²) in [5, 5.41) is 17.9. The molecule has 5 nitrogen and oxygen atoms in total. The number of aromatic nitrogens is 3. The summed E-state index contributed by atoms with van der Waals surface area (Å²) in [6.45, 7) is 2.27. The van der Waals surface area contributed by atoms with Crippen molar-refractivity contribution < 1.29 is 5.11 Å². The van der Waals surface area contributed by atoms with E-state index in [1.807, 2.05) is 7.05 Å². The van der Waals surface area contributed by atoms with Crippen LogP contribution in [0.1, 0.15) is 26.2 Å². The Labute approximate surface area is 106 Å². The van der Waals surface area contributed by atoms with E-state index in [-0.39, 0.29) is 12.1 Å². The predicted molar refractivity (Wildman–Crippen MR) is 68.0 cm³/mol. The number of nitrogens with zero attached hydrogens (tertiary/aromatic N) is 3. The second-order valence-corrected chi connectivity index (χ2v) is 5.96. The molecule has 17 heavy (non-hydrogen) atoms. The van der Waals surface area contributed by atoms with Crippen molar-refractivity contribution in [1.29, 1.82) is 0 Å². The van der Waals surface area contributed by atoms with Crippen LogP contribution in [-0.2, 0) is 7.05 Å². The van der Waals surface area contributed by atoms with Crippen LogP contribution in [-0.4, -0.2) is 43.8 Å². The molecule has 6 heteroatoms. The van der Waals surface area contributed by atoms with Gasteiger partial charge in [0.05, 0.1) is 6.61 Å². The highest BCUT2D eigenvalue weighted by Crippen LogP contribution is 2.25. The lowest BCUT2D eigenvalue weighted by molar-refractivity contribution is 0.169. The van der Waals surface area contributed by atoms with Crippen LogP contribution in [0.15, 0.2) is 11.5 Å². The minimum atomic E-state index is -0.160. The molecule has 0 amide bonds. The van der Waals surface area contributed by atoms with Crippen LogP contribution in [0.4, 0.5) is 0 Å². The van der Waals surface area contributed by atoms with Gasteiger partial charge < -0.3 is 10.4 Å². The fourth-order valence-electron chi connectivity index (χ4n) is 1.70. The van der Waals surface area contributed by atoms with Gasteiger partial charge in [0.15, 0.2) is 5.16 Å². The molecular formula is C11H20N4OS. The first-order chi connectivity index (χ1) is 8.13. The van der Waals surface area contributed by atoms with Gasteiger partial charge in [0.1, 0.15) is 6.33 Å². The predicted octanol–water partition coefficient (Wildman–Crippen LogP) is 0.800. The largest absolute Gasteiger partial charge is 0.394 e. The maximum absolute atomic E-state index is 9.47. The van der Waals surface area contributed by atoms with E-state index in [2.05, 4.69) is 22.3 Å². The number of hydrogen-bond donors (Lipinski definition) is 2. The Morgan fingerprint density at radius 2 is 2.41 bits per heavy atom. The minimum Gasteiger partial charge on any atom is -0.394 e. The maximum atomic E-state index is 9.47. The second-order valence-electron chi connectivity index (χ2n) is 4.90. The van der Waals surface area contributed by atoms with Gasteiger partial charge in [-0.15, -0.1) is 0 Å². The van der Waals surface area contributed by atoms with Crippen molar-refractivity contribution in [2.75, 3.05) is 12.4 Å². The Bertz CT molecular complexity index is 366. The quantitative estimate of drug-likeness (QED) is 0.707. The molecule has 1 aliphatic carbocycles. The number of aliphatic hydroxyl groups is 1. The monoisotopic (exact) mass is 256 g/mol. The van der Waals surface area contributed by atoms with E-state index in [4.69, 9.17) is 0 Å². The summed E-state index contributed by atoms with van der Waals surface area (Å²) in [6.07, 6.45) is 4.98. The van der Waals surface area contributed by atoms with Crippen LogP contribution in [0.3, 0.4) is 0 Å². The molecule has 0 saturated heterocycles. The van der Waals surface area contributed by atoms with Gasteiger partial charge in [0.25, 0.3) is 0 Å². The maximum Gasteiger partial charge on any atom is 0.185 e. The van der Waals surface area contributed by atoms with E-state index < -0.39 is 0 Å². The smallest absolute Gasteiger partial charge is 0.185 e. The lowest BCUT2D eigenvalue weighted by Crippen LogP contribution is -2.47. The van der Waals surface area contributed by atoms with E-state index in [0.29, 0.717) is 6.04 Å². The van der Waals surface area contributed by atoms with Crippen molar-refractivity contribution in [3.63, 3.8) is 0 Å². The van der Waals surface area contributed by atoms with Crippen molar-refractivity contribution in [3.05, 3.63) is 6.33 Å². The fraction of sp³-hybridized carbons (Fsp3) is 0.818. The van der Waals surface area contributed by atoms with Gasteiger partial charge in [-0.25, -0.2) is 9.67 Å². The second kappa shape index (κ2) is 5.37. The third-order valence-electron chi connectivity index (χ3n) is 3.03. The van der Waals surface area contributed by atoms with Gasteiger partial charge in [-0.2, -0.15) is 5.10 Å². The third kappa shape index (κ3) is 3.69. The summed E-state index contributed by atoms with van der Waals surface area (Å²) in [5.74, 6) is 0.934. The molecule has 2 N–H and O–H groups in total. The number of hydrogen-bond acceptors (Lipinski definition) is 5. The zero-order valence-electron chi connectivity index (χ0n) is 10.4. The standard InChI is InChI=1S/C11H20N4OS/c1-11(7-16,14-9-3-4-9)5-6-17-10-12-8-13-15(10)2/h8-9,14,16H,3-7H2,1-2H3. The summed E-state index contributed by atoms with van der Waals surface area (Å²) in [7, 11) is 1.89. The molecule has 1 fully saturated rings. The molecule has 1 aromatic rings. The van der Waals surface area contributed by atoms with E-state index in [9.17, 15) is 5.11 Å². The Morgan fingerprint density at radius 3 is 2.94 bits per heavy atom. The van der Waals surface area contributed by atoms with Crippen LogP contribution in [0, 0.1) is 0 Å². The molecule has 0 aliphatic heterocycles. The number of aryl methyl sites for hydroxylation is 1. The molecule has 1 aliphatic rings. The van der Waals surface area contributed by atoms with Gasteiger partial charge in [0, 0.05) is 24.4 Å². The van der Waals surface area contributed by atoms with Crippen molar-refractivity contribution in [2.24, 2.45) is 7.05 Å². The van der Waals surface area contributed by atoms with E-state index in [1.54, 1.807) is 22.8 Å². The molecule has 96 valence electrons. The van der Waals surface area contributed by atoms with Gasteiger partial charge in [-0.3, -0.25) is 0 Å². The molecule has 1 unspecified atom stereocenters. The molecule has 1 saturated carbocycles. The Balaban J connectivity index is 1.77. The van der Waals surface area contributed by atoms with Crippen molar-refractivity contribution in [1.82, 2.24) is 20.1 Å². The highest BCUT2D eigenvalue weighted by molar-refractivity contribution is 7.99. The van der Waals surface area contributed by atoms with Crippen LogP contribution in [0.5, 0.6) is 0 Å². The molecule has 1 heterocycles. The first kappa shape index (κ1) is 12.9. The Morgan fingerprint density at radius 1 is 1.65 bits per heavy atom. The lowest BCUT2D eigenvalue weighted by Gasteiger charge is -2.28. The van der Waals surface area contributed by atoms with Crippen LogP contribution in [0.2, 0.25) is 0 Å². The zero-order chi connectivity index (χ0) is 12.3. The molecule has 2 rings (SSSR count). The summed E-state index contributed by atoms with van der Waals surface area (Å²) < 4.78 is 1.77. The van der Waals surface area contributed by atoms with Crippen LogP contribution < -0.4 is 5.32 Å². The molecule has 0 aromatic carbocycles. The summed E-state index contributed by atoms with van der Waals surface area (Å²) in [4.78, 5) is 4.17. The zero-order valence-corrected chi connectivity index (χ0v) is 11.2. The van der Waals surface area contributed by atoms with E-state index in [1.165, 1.54) is 12.8 Å². The van der Waals surface area contributed by atoms with Crippen LogP contribution in [0.25, 0.3) is 0 Å². The Hall–Kier alpha value is -0.590. The summed E-state index contributed by atoms with van der Waals surface area (Å²) in [6, 6.07) is 0.618. The van der Waals surface area contributed by atoms with Crippen molar-refractivity contribution in [2.45, 2.75) is 42.9 Å². The normalized spacial score (nSPS) is 19.2. The van der Waals surface area contributed by atoms with Crippen molar-refractivity contribution in [3.8, 4) is 0 Å². The molecular weight excluding hydrogens is 236 g/mol. The average Bonchev–Trinajstić information content (AvgIpc) is 3.02. The Kier molecular flexibility index (Phi) is 4.06. The molecule has 0 bridgehead atoms. The fourth-order valence-corrected chi connectivity index (χ4v) is 2.79. The number of rotatable bonds is 7. The highest BCUT2D eigenvalue weighted by atomic mass is 32.2. The SMILES string of the molecule is Cn1ncnc1SCCC(C)(CO)NC1CC1. The number of thioether (sulfide) groups is 1. The molecule has 1 atom stereocenters. The lowest BCUT2D eigenvalue weighted by atomic mass is 10.0. The first-order valence-corrected chi connectivity index (χ1v) is 6.97. The topological polar surface area (TPSA) is 63.0 Å². The highest BCUT2D eigenvalue weighted by Gasteiger charge is 2.31.